The first-order valence-corrected chi connectivity index (χ1v) is 4.60. The Labute approximate surface area is 72.2 Å². The summed E-state index contributed by atoms with van der Waals surface area (Å²) < 4.78 is 0. The summed E-state index contributed by atoms with van der Waals surface area (Å²) in [5.41, 5.74) is -0.646. The highest BCUT2D eigenvalue weighted by Gasteiger charge is 2.45. The minimum Gasteiger partial charge on any atom is -0.480 e. The van der Waals surface area contributed by atoms with E-state index in [1.54, 1.807) is 6.92 Å². The van der Waals surface area contributed by atoms with Gasteiger partial charge in [0.2, 0.25) is 0 Å². The molecule has 3 nitrogen and oxygen atoms in total. The van der Waals surface area contributed by atoms with Gasteiger partial charge in [-0.25, -0.2) is 0 Å². The largest absolute Gasteiger partial charge is 0.480 e. The molecule has 1 aliphatic carbocycles. The first kappa shape index (κ1) is 8.05. The molecule has 12 heavy (non-hydrogen) atoms. The van der Waals surface area contributed by atoms with Gasteiger partial charge in [-0.15, -0.1) is 0 Å². The molecule has 0 aromatic heterocycles. The third-order valence-corrected chi connectivity index (χ3v) is 3.19. The van der Waals surface area contributed by atoms with E-state index in [0.29, 0.717) is 5.92 Å². The van der Waals surface area contributed by atoms with Crippen LogP contribution in [0.1, 0.15) is 26.2 Å². The smallest absolute Gasteiger partial charge is 0.323 e. The Hall–Kier alpha value is -0.570. The molecule has 0 radical (unpaired) electrons. The van der Waals surface area contributed by atoms with E-state index in [2.05, 4.69) is 5.32 Å². The van der Waals surface area contributed by atoms with Crippen molar-refractivity contribution in [2.24, 2.45) is 11.8 Å². The average Bonchev–Trinajstić information content (AvgIpc) is 2.76. The normalized spacial score (nSPS) is 41.6. The van der Waals surface area contributed by atoms with E-state index in [9.17, 15) is 4.79 Å². The fraction of sp³-hybridized carbons (Fsp3) is 0.889. The Bertz CT molecular complexity index is 213. The van der Waals surface area contributed by atoms with Crippen molar-refractivity contribution in [2.75, 3.05) is 6.54 Å². The lowest BCUT2D eigenvalue weighted by Gasteiger charge is -2.17. The van der Waals surface area contributed by atoms with Crippen molar-refractivity contribution in [1.82, 2.24) is 5.32 Å². The minimum atomic E-state index is -0.703. The summed E-state index contributed by atoms with van der Waals surface area (Å²) in [4.78, 5) is 10.8. The second-order valence-electron chi connectivity index (χ2n) is 4.32. The second kappa shape index (κ2) is 2.46. The lowest BCUT2D eigenvalue weighted by Crippen LogP contribution is -2.44. The van der Waals surface area contributed by atoms with Crippen LogP contribution >= 0.6 is 0 Å². The van der Waals surface area contributed by atoms with Crippen LogP contribution in [0.25, 0.3) is 0 Å². The molecule has 0 aromatic rings. The van der Waals surface area contributed by atoms with Crippen LogP contribution in [0, 0.1) is 11.8 Å². The molecule has 2 fully saturated rings. The van der Waals surface area contributed by atoms with Gasteiger partial charge in [-0.2, -0.15) is 0 Å². The van der Waals surface area contributed by atoms with Crippen LogP contribution in [0.3, 0.4) is 0 Å². The molecule has 68 valence electrons. The zero-order valence-electron chi connectivity index (χ0n) is 7.34. The molecule has 2 unspecified atom stereocenters. The Balaban J connectivity index is 1.99. The molecule has 3 heteroatoms. The van der Waals surface area contributed by atoms with Crippen molar-refractivity contribution >= 4 is 5.97 Å². The predicted molar refractivity (Wildman–Crippen MR) is 44.9 cm³/mol. The number of hydrogen-bond acceptors (Lipinski definition) is 2. The van der Waals surface area contributed by atoms with E-state index in [-0.39, 0.29) is 0 Å². The van der Waals surface area contributed by atoms with Crippen molar-refractivity contribution in [3.8, 4) is 0 Å². The van der Waals surface area contributed by atoms with Crippen molar-refractivity contribution < 1.29 is 9.90 Å². The third kappa shape index (κ3) is 1.22. The number of hydrogen-bond donors (Lipinski definition) is 2. The minimum absolute atomic E-state index is 0.617. The standard InChI is InChI=1S/C9H15NO2/c1-9(8(11)12)4-7(5-10-9)6-2-3-6/h6-7,10H,2-5H2,1H3,(H,11,12). The highest BCUT2D eigenvalue weighted by atomic mass is 16.4. The maximum atomic E-state index is 10.8. The Morgan fingerprint density at radius 1 is 1.50 bits per heavy atom. The maximum Gasteiger partial charge on any atom is 0.323 e. The molecule has 2 N–H and O–H groups in total. The van der Waals surface area contributed by atoms with Gasteiger partial charge in [0.05, 0.1) is 0 Å². The molecule has 0 spiro atoms. The lowest BCUT2D eigenvalue weighted by molar-refractivity contribution is -0.143. The fourth-order valence-corrected chi connectivity index (χ4v) is 2.09. The SMILES string of the molecule is CC1(C(=O)O)CC(C2CC2)CN1. The molecular weight excluding hydrogens is 154 g/mol. The van der Waals surface area contributed by atoms with Crippen LogP contribution in [0.15, 0.2) is 0 Å². The first-order chi connectivity index (χ1) is 5.62. The number of nitrogens with one attached hydrogen (secondary N) is 1. The van der Waals surface area contributed by atoms with E-state index in [1.165, 1.54) is 12.8 Å². The van der Waals surface area contributed by atoms with Gasteiger partial charge in [0.1, 0.15) is 5.54 Å². The number of rotatable bonds is 2. The molecule has 0 amide bonds. The summed E-state index contributed by atoms with van der Waals surface area (Å²) in [6, 6.07) is 0. The third-order valence-electron chi connectivity index (χ3n) is 3.19. The van der Waals surface area contributed by atoms with Crippen molar-refractivity contribution in [3.05, 3.63) is 0 Å². The average molecular weight is 169 g/mol. The summed E-state index contributed by atoms with van der Waals surface area (Å²) in [7, 11) is 0. The zero-order valence-corrected chi connectivity index (χ0v) is 7.34. The molecule has 1 saturated carbocycles. The van der Waals surface area contributed by atoms with E-state index < -0.39 is 11.5 Å². The van der Waals surface area contributed by atoms with Crippen LogP contribution in [0.4, 0.5) is 0 Å². The number of carbonyl (C=O) groups is 1. The predicted octanol–water partition coefficient (Wildman–Crippen LogP) is 0.849. The van der Waals surface area contributed by atoms with Gasteiger partial charge in [0, 0.05) is 0 Å². The molecule has 0 bridgehead atoms. The van der Waals surface area contributed by atoms with Crippen molar-refractivity contribution in [2.45, 2.75) is 31.7 Å². The van der Waals surface area contributed by atoms with E-state index >= 15 is 0 Å². The number of carboxylic acids is 1. The van der Waals surface area contributed by atoms with Gasteiger partial charge in [0.15, 0.2) is 0 Å². The molecule has 2 rings (SSSR count). The van der Waals surface area contributed by atoms with Crippen molar-refractivity contribution in [1.29, 1.82) is 0 Å². The quantitative estimate of drug-likeness (QED) is 0.644. The van der Waals surface area contributed by atoms with Crippen LogP contribution in [-0.4, -0.2) is 23.2 Å². The molecular formula is C9H15NO2. The monoisotopic (exact) mass is 169 g/mol. The fourth-order valence-electron chi connectivity index (χ4n) is 2.09. The molecule has 1 saturated heterocycles. The van der Waals surface area contributed by atoms with E-state index in [4.69, 9.17) is 5.11 Å². The molecule has 2 aliphatic rings. The van der Waals surface area contributed by atoms with Crippen molar-refractivity contribution in [3.63, 3.8) is 0 Å². The van der Waals surface area contributed by atoms with Crippen LogP contribution in [-0.2, 0) is 4.79 Å². The zero-order chi connectivity index (χ0) is 8.77. The van der Waals surface area contributed by atoms with Gasteiger partial charge in [-0.05, 0) is 44.6 Å². The first-order valence-electron chi connectivity index (χ1n) is 4.60. The Morgan fingerprint density at radius 2 is 2.17 bits per heavy atom. The van der Waals surface area contributed by atoms with Crippen LogP contribution in [0.2, 0.25) is 0 Å². The molecule has 2 atom stereocenters. The van der Waals surface area contributed by atoms with Gasteiger partial charge >= 0.3 is 5.97 Å². The summed E-state index contributed by atoms with van der Waals surface area (Å²) in [6.07, 6.45) is 3.43. The summed E-state index contributed by atoms with van der Waals surface area (Å²) in [5, 5.41) is 12.0. The Morgan fingerprint density at radius 3 is 2.58 bits per heavy atom. The summed E-state index contributed by atoms with van der Waals surface area (Å²) >= 11 is 0. The van der Waals surface area contributed by atoms with Crippen LogP contribution < -0.4 is 5.32 Å². The van der Waals surface area contributed by atoms with Gasteiger partial charge in [-0.1, -0.05) is 0 Å². The number of aliphatic carboxylic acids is 1. The highest BCUT2D eigenvalue weighted by molar-refractivity contribution is 5.78. The summed E-state index contributed by atoms with van der Waals surface area (Å²) in [6.45, 7) is 2.69. The molecule has 0 aromatic carbocycles. The number of carboxylic acid groups (broad SMARTS) is 1. The molecule has 1 aliphatic heterocycles. The second-order valence-corrected chi connectivity index (χ2v) is 4.32. The lowest BCUT2D eigenvalue weighted by atomic mass is 9.92. The van der Waals surface area contributed by atoms with Gasteiger partial charge < -0.3 is 10.4 Å². The Kier molecular flexibility index (Phi) is 1.65. The maximum absolute atomic E-state index is 10.8. The topological polar surface area (TPSA) is 49.3 Å². The van der Waals surface area contributed by atoms with Gasteiger partial charge in [-0.3, -0.25) is 4.79 Å². The summed E-state index contributed by atoms with van der Waals surface area (Å²) in [5.74, 6) is 0.732. The highest BCUT2D eigenvalue weighted by Crippen LogP contribution is 2.42. The van der Waals surface area contributed by atoms with E-state index in [0.717, 1.165) is 18.9 Å². The van der Waals surface area contributed by atoms with E-state index in [1.807, 2.05) is 0 Å². The molecule has 1 heterocycles. The van der Waals surface area contributed by atoms with Gasteiger partial charge in [0.25, 0.3) is 0 Å². The van der Waals surface area contributed by atoms with Crippen LogP contribution in [0.5, 0.6) is 0 Å².